The minimum atomic E-state index is -0.107. The van der Waals surface area contributed by atoms with Crippen LogP contribution in [0.15, 0.2) is 24.3 Å². The summed E-state index contributed by atoms with van der Waals surface area (Å²) in [7, 11) is 4.13. The van der Waals surface area contributed by atoms with E-state index in [0.29, 0.717) is 26.1 Å². The van der Waals surface area contributed by atoms with Crippen molar-refractivity contribution in [3.05, 3.63) is 24.3 Å². The lowest BCUT2D eigenvalue weighted by molar-refractivity contribution is -0.143. The number of allylic oxidation sites excluding steroid dienone is 2. The fourth-order valence-electron chi connectivity index (χ4n) is 5.31. The van der Waals surface area contributed by atoms with Gasteiger partial charge in [-0.25, -0.2) is 0 Å². The van der Waals surface area contributed by atoms with E-state index in [2.05, 4.69) is 45.0 Å². The van der Waals surface area contributed by atoms with Crippen LogP contribution < -0.4 is 0 Å². The molecule has 0 spiro atoms. The second kappa shape index (κ2) is 36.5. The second-order valence-electron chi connectivity index (χ2n) is 13.3. The number of unbranched alkanes of at least 4 members (excludes halogenated alkanes) is 16. The molecule has 280 valence electrons. The van der Waals surface area contributed by atoms with E-state index in [1.165, 1.54) is 63.1 Å². The number of carbonyl (C=O) groups is 3. The molecular formula is C40H74N2O5S. The predicted octanol–water partition coefficient (Wildman–Crippen LogP) is 10.9. The summed E-state index contributed by atoms with van der Waals surface area (Å²) in [6.07, 6.45) is 32.3. The van der Waals surface area contributed by atoms with E-state index in [-0.39, 0.29) is 17.2 Å². The van der Waals surface area contributed by atoms with Crippen molar-refractivity contribution in [1.29, 1.82) is 0 Å². The summed E-state index contributed by atoms with van der Waals surface area (Å²) in [5.74, 6) is 0.637. The van der Waals surface area contributed by atoms with Gasteiger partial charge in [-0.1, -0.05) is 127 Å². The van der Waals surface area contributed by atoms with Crippen LogP contribution >= 0.6 is 11.8 Å². The lowest BCUT2D eigenvalue weighted by Gasteiger charge is -2.22. The zero-order valence-corrected chi connectivity index (χ0v) is 32.5. The van der Waals surface area contributed by atoms with Crippen molar-refractivity contribution in [2.45, 2.75) is 162 Å². The van der Waals surface area contributed by atoms with Gasteiger partial charge in [-0.05, 0) is 78.4 Å². The van der Waals surface area contributed by atoms with Crippen LogP contribution in [0, 0.1) is 0 Å². The fraction of sp³-hybridized carbons (Fsp3) is 0.825. The van der Waals surface area contributed by atoms with E-state index in [1.54, 1.807) is 0 Å². The molecule has 0 aliphatic rings. The molecule has 0 fully saturated rings. The number of thioether (sulfide) groups is 1. The Labute approximate surface area is 300 Å². The highest BCUT2D eigenvalue weighted by molar-refractivity contribution is 8.13. The number of hydrogen-bond donors (Lipinski definition) is 0. The summed E-state index contributed by atoms with van der Waals surface area (Å²) >= 11 is 1.45. The molecule has 8 heteroatoms. The molecule has 0 rings (SSSR count). The van der Waals surface area contributed by atoms with Gasteiger partial charge in [0.2, 0.25) is 0 Å². The first-order valence-electron chi connectivity index (χ1n) is 19.6. The van der Waals surface area contributed by atoms with Gasteiger partial charge in [-0.15, -0.1) is 0 Å². The van der Waals surface area contributed by atoms with Crippen molar-refractivity contribution in [2.24, 2.45) is 0 Å². The number of esters is 2. The van der Waals surface area contributed by atoms with Gasteiger partial charge in [0.05, 0.1) is 0 Å². The molecule has 0 aliphatic carbocycles. The van der Waals surface area contributed by atoms with Crippen LogP contribution in [0.3, 0.4) is 0 Å². The monoisotopic (exact) mass is 695 g/mol. The van der Waals surface area contributed by atoms with Gasteiger partial charge >= 0.3 is 11.9 Å². The molecule has 0 aromatic carbocycles. The van der Waals surface area contributed by atoms with Crippen LogP contribution in [-0.4, -0.2) is 79.7 Å². The average molecular weight is 695 g/mol. The summed E-state index contributed by atoms with van der Waals surface area (Å²) in [5, 5.41) is 0.198. The Morgan fingerprint density at radius 2 is 0.958 bits per heavy atom. The first kappa shape index (κ1) is 46.2. The summed E-state index contributed by atoms with van der Waals surface area (Å²) in [6.45, 7) is 7.79. The Morgan fingerprint density at radius 1 is 0.521 bits per heavy atom. The van der Waals surface area contributed by atoms with Gasteiger partial charge in [0.1, 0.15) is 13.2 Å². The summed E-state index contributed by atoms with van der Waals surface area (Å²) in [4.78, 5) is 41.2. The largest absolute Gasteiger partial charge is 0.461 e. The Balaban J connectivity index is 4.12. The van der Waals surface area contributed by atoms with Gasteiger partial charge < -0.3 is 19.3 Å². The standard InChI is InChI=1S/C40H74N2O5S/c1-5-7-9-11-13-21-27-35-46-38(43)30-23-17-15-19-25-33-42(40(45)48-37-29-32-41(3)4)34-26-20-16-18-24-31-39(44)47-36-28-22-14-12-10-8-6-2/h21-22,27-28H,5-20,23-26,29-37H2,1-4H3/b27-21-,28-22-. The Bertz CT molecular complexity index is 765. The SMILES string of the molecule is CCCCCC/C=C\COC(=O)CCCCCCCN(CCCCCCCC(=O)OC/C=C\CCCCCC)C(=O)SCCCN(C)C. The van der Waals surface area contributed by atoms with Crippen LogP contribution in [0.25, 0.3) is 0 Å². The third-order valence-electron chi connectivity index (χ3n) is 8.31. The van der Waals surface area contributed by atoms with Gasteiger partial charge in [-0.3, -0.25) is 14.4 Å². The lowest BCUT2D eigenvalue weighted by Crippen LogP contribution is -2.30. The quantitative estimate of drug-likeness (QED) is 0.0377. The van der Waals surface area contributed by atoms with Gasteiger partial charge in [-0.2, -0.15) is 0 Å². The van der Waals surface area contributed by atoms with Crippen molar-refractivity contribution in [1.82, 2.24) is 9.80 Å². The number of ether oxygens (including phenoxy) is 2. The molecule has 48 heavy (non-hydrogen) atoms. The van der Waals surface area contributed by atoms with Crippen LogP contribution in [-0.2, 0) is 19.1 Å². The Kier molecular flexibility index (Phi) is 35.1. The van der Waals surface area contributed by atoms with Gasteiger partial charge in [0.25, 0.3) is 5.24 Å². The van der Waals surface area contributed by atoms with Gasteiger partial charge in [0, 0.05) is 31.7 Å². The molecule has 0 aromatic rings. The number of rotatable bonds is 34. The van der Waals surface area contributed by atoms with Crippen LogP contribution in [0.4, 0.5) is 4.79 Å². The van der Waals surface area contributed by atoms with E-state index < -0.39 is 0 Å². The predicted molar refractivity (Wildman–Crippen MR) is 206 cm³/mol. The Morgan fingerprint density at radius 3 is 1.42 bits per heavy atom. The van der Waals surface area contributed by atoms with Crippen molar-refractivity contribution in [2.75, 3.05) is 52.7 Å². The second-order valence-corrected chi connectivity index (χ2v) is 14.3. The normalized spacial score (nSPS) is 11.6. The maximum atomic E-state index is 13.0. The van der Waals surface area contributed by atoms with Crippen molar-refractivity contribution in [3.8, 4) is 0 Å². The van der Waals surface area contributed by atoms with E-state index in [0.717, 1.165) is 109 Å². The van der Waals surface area contributed by atoms with E-state index >= 15 is 0 Å². The molecular weight excluding hydrogens is 621 g/mol. The first-order valence-corrected chi connectivity index (χ1v) is 20.6. The van der Waals surface area contributed by atoms with Crippen LogP contribution in [0.1, 0.15) is 162 Å². The van der Waals surface area contributed by atoms with Crippen LogP contribution in [0.2, 0.25) is 0 Å². The zero-order valence-electron chi connectivity index (χ0n) is 31.7. The topological polar surface area (TPSA) is 76.1 Å². The summed E-state index contributed by atoms with van der Waals surface area (Å²) in [5.41, 5.74) is 0. The van der Waals surface area contributed by atoms with E-state index in [1.807, 2.05) is 17.1 Å². The maximum Gasteiger partial charge on any atom is 0.306 e. The Hall–Kier alpha value is -1.80. The molecule has 0 saturated carbocycles. The van der Waals surface area contributed by atoms with Crippen LogP contribution in [0.5, 0.6) is 0 Å². The zero-order chi connectivity index (χ0) is 35.3. The number of hydrogen-bond acceptors (Lipinski definition) is 7. The summed E-state index contributed by atoms with van der Waals surface area (Å²) in [6, 6.07) is 0. The number of nitrogens with zero attached hydrogens (tertiary/aromatic N) is 2. The highest BCUT2D eigenvalue weighted by Crippen LogP contribution is 2.16. The first-order chi connectivity index (χ1) is 23.4. The molecule has 0 saturated heterocycles. The minimum absolute atomic E-state index is 0.107. The molecule has 1 amide bonds. The van der Waals surface area contributed by atoms with Gasteiger partial charge in [0.15, 0.2) is 0 Å². The number of amides is 1. The molecule has 0 atom stereocenters. The van der Waals surface area contributed by atoms with Crippen molar-refractivity contribution in [3.63, 3.8) is 0 Å². The molecule has 0 unspecified atom stereocenters. The lowest BCUT2D eigenvalue weighted by atomic mass is 10.1. The molecule has 0 aliphatic heterocycles. The number of carbonyl (C=O) groups excluding carboxylic acids is 3. The van der Waals surface area contributed by atoms with E-state index in [4.69, 9.17) is 9.47 Å². The average Bonchev–Trinajstić information content (AvgIpc) is 3.07. The molecule has 0 bridgehead atoms. The maximum absolute atomic E-state index is 13.0. The third kappa shape index (κ3) is 34.1. The molecule has 0 radical (unpaired) electrons. The van der Waals surface area contributed by atoms with Crippen molar-refractivity contribution >= 4 is 28.9 Å². The van der Waals surface area contributed by atoms with Crippen molar-refractivity contribution < 1.29 is 23.9 Å². The highest BCUT2D eigenvalue weighted by atomic mass is 32.2. The highest BCUT2D eigenvalue weighted by Gasteiger charge is 2.14. The summed E-state index contributed by atoms with van der Waals surface area (Å²) < 4.78 is 10.6. The minimum Gasteiger partial charge on any atom is -0.461 e. The third-order valence-corrected chi connectivity index (χ3v) is 9.31. The smallest absolute Gasteiger partial charge is 0.306 e. The van der Waals surface area contributed by atoms with E-state index in [9.17, 15) is 14.4 Å². The molecule has 7 nitrogen and oxygen atoms in total. The molecule has 0 aromatic heterocycles. The fourth-order valence-corrected chi connectivity index (χ4v) is 6.12. The molecule has 0 N–H and O–H groups in total. The molecule has 0 heterocycles.